The highest BCUT2D eigenvalue weighted by molar-refractivity contribution is 9.09. The van der Waals surface area contributed by atoms with E-state index in [1.165, 1.54) is 37.6 Å². The molecule has 6 nitrogen and oxygen atoms in total. The molecule has 9 heteroatoms. The lowest BCUT2D eigenvalue weighted by Crippen LogP contribution is -2.09. The van der Waals surface area contributed by atoms with Crippen LogP contribution in [0.1, 0.15) is 5.56 Å². The number of nitrogens with zero attached hydrogens (tertiary/aromatic N) is 2. The monoisotopic (exact) mass is 488 g/mol. The molecule has 1 aromatic heterocycles. The van der Waals surface area contributed by atoms with Crippen LogP contribution in [-0.2, 0) is 4.79 Å². The number of nitrogens with one attached hydrogen (secondary N) is 2. The summed E-state index contributed by atoms with van der Waals surface area (Å²) in [5.41, 5.74) is 2.15. The summed E-state index contributed by atoms with van der Waals surface area (Å²) >= 11 is 9.09. The second-order valence-electron chi connectivity index (χ2n) is 6.03. The smallest absolute Gasteiger partial charge is 0.248 e. The molecular weight excluding hydrogens is 475 g/mol. The molecule has 0 aliphatic heterocycles. The van der Waals surface area contributed by atoms with E-state index < -0.39 is 5.82 Å². The number of alkyl halides is 1. The molecule has 0 radical (unpaired) electrons. The maximum Gasteiger partial charge on any atom is 0.248 e. The Balaban J connectivity index is 2.13. The number of carbonyl (C=O) groups excluding carboxylic acids is 1. The van der Waals surface area contributed by atoms with Crippen LogP contribution in [0.2, 0.25) is 5.02 Å². The van der Waals surface area contributed by atoms with Crippen LogP contribution in [0, 0.1) is 17.1 Å². The summed E-state index contributed by atoms with van der Waals surface area (Å²) < 4.78 is 18.9. The van der Waals surface area contributed by atoms with Crippen LogP contribution in [0.25, 0.3) is 10.9 Å². The van der Waals surface area contributed by atoms with Crippen LogP contribution in [-0.4, -0.2) is 23.3 Å². The van der Waals surface area contributed by atoms with Crippen molar-refractivity contribution in [2.24, 2.45) is 0 Å². The number of hydrogen-bond acceptors (Lipinski definition) is 5. The highest BCUT2D eigenvalue weighted by Crippen LogP contribution is 2.36. The van der Waals surface area contributed by atoms with Crippen molar-refractivity contribution in [1.29, 1.82) is 5.26 Å². The van der Waals surface area contributed by atoms with E-state index in [1.54, 1.807) is 18.2 Å². The normalized spacial score (nSPS) is 10.8. The van der Waals surface area contributed by atoms with Crippen molar-refractivity contribution >= 4 is 61.4 Å². The molecule has 3 rings (SSSR count). The van der Waals surface area contributed by atoms with E-state index in [1.807, 2.05) is 0 Å². The number of aromatic nitrogens is 1. The molecule has 0 saturated carbocycles. The molecule has 0 aliphatic rings. The van der Waals surface area contributed by atoms with Gasteiger partial charge in [0, 0.05) is 34.7 Å². The minimum absolute atomic E-state index is 0.0509. The number of methoxy groups -OCH3 is 1. The average Bonchev–Trinajstić information content (AvgIpc) is 2.74. The molecule has 1 amide bonds. The second kappa shape index (κ2) is 9.57. The van der Waals surface area contributed by atoms with Crippen LogP contribution in [0.5, 0.6) is 5.75 Å². The Bertz CT molecular complexity index is 1190. The SMILES string of the molecule is COc1cc2ncc(C#N)c(Nc3ccc(F)c(Cl)c3)c2cc1NC(=O)/C=C/CBr. The number of amides is 1. The second-order valence-corrected chi connectivity index (χ2v) is 7.08. The standard InChI is InChI=1S/C21H15BrClFN4O2/c1-30-19-9-17-14(8-18(19)28-20(29)3-2-6-22)21(12(10-25)11-26-17)27-13-4-5-16(24)15(23)7-13/h2-5,7-9,11H,6H2,1H3,(H,26,27)(H,28,29)/b3-2+. The number of fused-ring (bicyclic) bond motifs is 1. The van der Waals surface area contributed by atoms with Gasteiger partial charge in [0.15, 0.2) is 0 Å². The molecule has 3 aromatic rings. The summed E-state index contributed by atoms with van der Waals surface area (Å²) in [5.74, 6) is -0.471. The van der Waals surface area contributed by atoms with Gasteiger partial charge in [0.05, 0.1) is 34.6 Å². The Kier molecular flexibility index (Phi) is 6.87. The van der Waals surface area contributed by atoms with E-state index in [-0.39, 0.29) is 16.5 Å². The molecule has 0 saturated heterocycles. The number of rotatable bonds is 6. The maximum absolute atomic E-state index is 13.5. The Morgan fingerprint density at radius 1 is 1.40 bits per heavy atom. The van der Waals surface area contributed by atoms with E-state index in [4.69, 9.17) is 16.3 Å². The Morgan fingerprint density at radius 3 is 2.87 bits per heavy atom. The maximum atomic E-state index is 13.5. The summed E-state index contributed by atoms with van der Waals surface area (Å²) in [4.78, 5) is 16.4. The van der Waals surface area contributed by atoms with Crippen LogP contribution >= 0.6 is 27.5 Å². The van der Waals surface area contributed by atoms with Crippen LogP contribution in [0.15, 0.2) is 48.7 Å². The fraction of sp³-hybridized carbons (Fsp3) is 0.0952. The van der Waals surface area contributed by atoms with E-state index >= 15 is 0 Å². The quantitative estimate of drug-likeness (QED) is 0.351. The molecule has 0 atom stereocenters. The Morgan fingerprint density at radius 2 is 2.20 bits per heavy atom. The number of benzene rings is 2. The predicted molar refractivity (Wildman–Crippen MR) is 119 cm³/mol. The minimum Gasteiger partial charge on any atom is -0.494 e. The van der Waals surface area contributed by atoms with Gasteiger partial charge in [-0.2, -0.15) is 5.26 Å². The number of halogens is 3. The number of ether oxygens (including phenoxy) is 1. The van der Waals surface area contributed by atoms with Gasteiger partial charge >= 0.3 is 0 Å². The predicted octanol–water partition coefficient (Wildman–Crippen LogP) is 5.54. The van der Waals surface area contributed by atoms with E-state index in [2.05, 4.69) is 37.6 Å². The molecule has 0 aliphatic carbocycles. The first-order valence-electron chi connectivity index (χ1n) is 8.63. The molecule has 30 heavy (non-hydrogen) atoms. The van der Waals surface area contributed by atoms with Crippen LogP contribution in [0.4, 0.5) is 21.5 Å². The molecule has 0 spiro atoms. The number of hydrogen-bond donors (Lipinski definition) is 2. The third-order valence-electron chi connectivity index (χ3n) is 4.11. The van der Waals surface area contributed by atoms with E-state index in [0.717, 1.165) is 0 Å². The minimum atomic E-state index is -0.548. The highest BCUT2D eigenvalue weighted by atomic mass is 79.9. The molecule has 1 heterocycles. The number of anilines is 3. The zero-order valence-electron chi connectivity index (χ0n) is 15.7. The molecule has 0 bridgehead atoms. The van der Waals surface area contributed by atoms with Gasteiger partial charge in [-0.1, -0.05) is 33.6 Å². The van der Waals surface area contributed by atoms with Gasteiger partial charge in [-0.05, 0) is 24.3 Å². The Labute approximate surface area is 185 Å². The third-order valence-corrected chi connectivity index (χ3v) is 4.78. The summed E-state index contributed by atoms with van der Waals surface area (Å²) in [7, 11) is 1.48. The van der Waals surface area contributed by atoms with Gasteiger partial charge in [0.25, 0.3) is 0 Å². The van der Waals surface area contributed by atoms with Crippen molar-refractivity contribution in [1.82, 2.24) is 4.98 Å². The topological polar surface area (TPSA) is 87.0 Å². The van der Waals surface area contributed by atoms with Gasteiger partial charge in [-0.3, -0.25) is 9.78 Å². The van der Waals surface area contributed by atoms with Crippen molar-refractivity contribution in [3.8, 4) is 11.8 Å². The summed E-state index contributed by atoms with van der Waals surface area (Å²) in [6.07, 6.45) is 4.47. The lowest BCUT2D eigenvalue weighted by Gasteiger charge is -2.15. The van der Waals surface area contributed by atoms with Gasteiger partial charge < -0.3 is 15.4 Å². The zero-order valence-corrected chi connectivity index (χ0v) is 18.0. The molecule has 0 unspecified atom stereocenters. The highest BCUT2D eigenvalue weighted by Gasteiger charge is 2.15. The lowest BCUT2D eigenvalue weighted by molar-refractivity contribution is -0.111. The van der Waals surface area contributed by atoms with Gasteiger partial charge in [0.1, 0.15) is 17.6 Å². The van der Waals surface area contributed by atoms with Crippen molar-refractivity contribution < 1.29 is 13.9 Å². The lowest BCUT2D eigenvalue weighted by atomic mass is 10.1. The van der Waals surface area contributed by atoms with Crippen LogP contribution in [0.3, 0.4) is 0 Å². The van der Waals surface area contributed by atoms with Crippen molar-refractivity contribution in [3.05, 3.63) is 65.1 Å². The van der Waals surface area contributed by atoms with Crippen LogP contribution < -0.4 is 15.4 Å². The fourth-order valence-electron chi connectivity index (χ4n) is 2.75. The summed E-state index contributed by atoms with van der Waals surface area (Å²) in [6.45, 7) is 0. The fourth-order valence-corrected chi connectivity index (χ4v) is 3.12. The number of carbonyl (C=O) groups is 1. The van der Waals surface area contributed by atoms with Gasteiger partial charge in [-0.25, -0.2) is 4.39 Å². The first-order valence-corrected chi connectivity index (χ1v) is 10.1. The largest absolute Gasteiger partial charge is 0.494 e. The third kappa shape index (κ3) is 4.70. The van der Waals surface area contributed by atoms with Crippen molar-refractivity contribution in [3.63, 3.8) is 0 Å². The van der Waals surface area contributed by atoms with E-state index in [9.17, 15) is 14.4 Å². The molecular formula is C21H15BrClFN4O2. The number of nitriles is 1. The zero-order chi connectivity index (χ0) is 21.7. The van der Waals surface area contributed by atoms with Crippen molar-refractivity contribution in [2.75, 3.05) is 23.1 Å². The summed E-state index contributed by atoms with van der Waals surface area (Å²) in [6, 6.07) is 9.55. The molecule has 0 fully saturated rings. The first kappa shape index (κ1) is 21.6. The first-order chi connectivity index (χ1) is 14.5. The van der Waals surface area contributed by atoms with Gasteiger partial charge in [0.2, 0.25) is 5.91 Å². The summed E-state index contributed by atoms with van der Waals surface area (Å²) in [5, 5.41) is 16.5. The Hall–Kier alpha value is -3.15. The van der Waals surface area contributed by atoms with Gasteiger partial charge in [-0.15, -0.1) is 0 Å². The molecule has 2 N–H and O–H groups in total. The van der Waals surface area contributed by atoms with Crippen molar-refractivity contribution in [2.45, 2.75) is 0 Å². The van der Waals surface area contributed by atoms with E-state index in [0.29, 0.717) is 39.0 Å². The average molecular weight is 490 g/mol. The number of allylic oxidation sites excluding steroid dienone is 1. The number of pyridine rings is 1. The molecule has 2 aromatic carbocycles. The molecule has 152 valence electrons.